The topological polar surface area (TPSA) is 32.3 Å². The normalized spacial score (nSPS) is 15.5. The Hall–Kier alpha value is -1.52. The minimum atomic E-state index is 0.430. The Bertz CT molecular complexity index is 544. The van der Waals surface area contributed by atoms with Gasteiger partial charge < -0.3 is 9.80 Å². The second-order valence-electron chi connectivity index (χ2n) is 4.69. The van der Waals surface area contributed by atoms with E-state index in [0.717, 1.165) is 36.9 Å². The minimum absolute atomic E-state index is 0.430. The number of nitrogens with zero attached hydrogens (tertiary/aromatic N) is 4. The Balaban J connectivity index is 1.68. The number of benzene rings is 1. The largest absolute Gasteiger partial charge is 0.368 e. The molecule has 1 aliphatic heterocycles. The molecule has 1 fully saturated rings. The Kier molecular flexibility index (Phi) is 3.94. The van der Waals surface area contributed by atoms with Gasteiger partial charge in [0.05, 0.1) is 11.9 Å². The molecular weight excluding hydrogens is 295 g/mol. The molecule has 2 aromatic rings. The van der Waals surface area contributed by atoms with E-state index in [1.54, 1.807) is 6.20 Å². The molecule has 0 saturated carbocycles. The average molecular weight is 309 g/mol. The van der Waals surface area contributed by atoms with Gasteiger partial charge in [0.25, 0.3) is 0 Å². The van der Waals surface area contributed by atoms with Crippen molar-refractivity contribution in [1.29, 1.82) is 0 Å². The Morgan fingerprint density at radius 3 is 2.25 bits per heavy atom. The van der Waals surface area contributed by atoms with E-state index in [1.807, 2.05) is 24.3 Å². The molecule has 0 atom stereocenters. The van der Waals surface area contributed by atoms with Gasteiger partial charge in [-0.15, -0.1) is 5.10 Å². The van der Waals surface area contributed by atoms with Crippen molar-refractivity contribution in [1.82, 2.24) is 10.2 Å². The Morgan fingerprint density at radius 2 is 1.60 bits per heavy atom. The zero-order chi connectivity index (χ0) is 13.9. The second-order valence-corrected chi connectivity index (χ2v) is 5.51. The third-order valence-electron chi connectivity index (χ3n) is 3.43. The molecule has 1 saturated heterocycles. The van der Waals surface area contributed by atoms with Crippen LogP contribution in [0, 0.1) is 0 Å². The van der Waals surface area contributed by atoms with Crippen molar-refractivity contribution in [3.63, 3.8) is 0 Å². The van der Waals surface area contributed by atoms with Crippen molar-refractivity contribution in [2.45, 2.75) is 0 Å². The Labute approximate surface area is 127 Å². The zero-order valence-electron chi connectivity index (χ0n) is 10.8. The Morgan fingerprint density at radius 1 is 0.900 bits per heavy atom. The highest BCUT2D eigenvalue weighted by atomic mass is 35.5. The monoisotopic (exact) mass is 308 g/mol. The molecule has 1 aromatic carbocycles. The molecule has 0 aliphatic carbocycles. The van der Waals surface area contributed by atoms with Crippen LogP contribution in [0.5, 0.6) is 0 Å². The van der Waals surface area contributed by atoms with E-state index in [1.165, 1.54) is 5.69 Å². The number of anilines is 2. The number of hydrogen-bond acceptors (Lipinski definition) is 4. The maximum Gasteiger partial charge on any atom is 0.153 e. The summed E-state index contributed by atoms with van der Waals surface area (Å²) in [6, 6.07) is 9.82. The van der Waals surface area contributed by atoms with Crippen LogP contribution in [0.3, 0.4) is 0 Å². The molecule has 1 aliphatic rings. The van der Waals surface area contributed by atoms with Crippen LogP contribution in [-0.4, -0.2) is 36.4 Å². The van der Waals surface area contributed by atoms with Gasteiger partial charge in [-0.25, -0.2) is 0 Å². The lowest BCUT2D eigenvalue weighted by molar-refractivity contribution is 0.652. The third kappa shape index (κ3) is 2.97. The average Bonchev–Trinajstić information content (AvgIpc) is 2.47. The number of rotatable bonds is 2. The fourth-order valence-electron chi connectivity index (χ4n) is 2.40. The first-order valence-electron chi connectivity index (χ1n) is 6.46. The molecule has 4 nitrogen and oxygen atoms in total. The molecule has 104 valence electrons. The van der Waals surface area contributed by atoms with E-state index in [2.05, 4.69) is 26.1 Å². The van der Waals surface area contributed by atoms with Crippen LogP contribution in [0.25, 0.3) is 0 Å². The van der Waals surface area contributed by atoms with Crippen molar-refractivity contribution in [2.75, 3.05) is 36.0 Å². The maximum atomic E-state index is 6.04. The first-order chi connectivity index (χ1) is 9.72. The van der Waals surface area contributed by atoms with Crippen LogP contribution in [-0.2, 0) is 0 Å². The van der Waals surface area contributed by atoms with Gasteiger partial charge in [0, 0.05) is 43.0 Å². The lowest BCUT2D eigenvalue weighted by atomic mass is 10.2. The van der Waals surface area contributed by atoms with Crippen LogP contribution in [0.15, 0.2) is 36.5 Å². The predicted molar refractivity (Wildman–Crippen MR) is 82.9 cm³/mol. The lowest BCUT2D eigenvalue weighted by Crippen LogP contribution is -2.46. The molecule has 0 amide bonds. The molecule has 20 heavy (non-hydrogen) atoms. The van der Waals surface area contributed by atoms with E-state index in [0.29, 0.717) is 5.15 Å². The van der Waals surface area contributed by atoms with E-state index in [9.17, 15) is 0 Å². The molecule has 0 N–H and O–H groups in total. The summed E-state index contributed by atoms with van der Waals surface area (Å²) < 4.78 is 0. The highest BCUT2D eigenvalue weighted by Crippen LogP contribution is 2.23. The zero-order valence-corrected chi connectivity index (χ0v) is 12.3. The van der Waals surface area contributed by atoms with E-state index in [4.69, 9.17) is 23.2 Å². The first kappa shape index (κ1) is 13.5. The minimum Gasteiger partial charge on any atom is -0.368 e. The summed E-state index contributed by atoms with van der Waals surface area (Å²) in [6.45, 7) is 3.74. The van der Waals surface area contributed by atoms with Gasteiger partial charge in [-0.2, -0.15) is 5.10 Å². The summed E-state index contributed by atoms with van der Waals surface area (Å²) in [7, 11) is 0. The third-order valence-corrected chi connectivity index (χ3v) is 3.85. The van der Waals surface area contributed by atoms with Gasteiger partial charge in [0.2, 0.25) is 0 Å². The molecule has 0 radical (unpaired) electrons. The molecule has 3 rings (SSSR count). The van der Waals surface area contributed by atoms with Crippen molar-refractivity contribution < 1.29 is 0 Å². The van der Waals surface area contributed by atoms with Gasteiger partial charge in [0.15, 0.2) is 5.15 Å². The van der Waals surface area contributed by atoms with E-state index < -0.39 is 0 Å². The van der Waals surface area contributed by atoms with Crippen LogP contribution in [0.4, 0.5) is 11.4 Å². The van der Waals surface area contributed by atoms with Crippen molar-refractivity contribution in [3.8, 4) is 0 Å². The molecular formula is C14H14Cl2N4. The highest BCUT2D eigenvalue weighted by Gasteiger charge is 2.18. The maximum absolute atomic E-state index is 6.04. The number of aromatic nitrogens is 2. The van der Waals surface area contributed by atoms with Crippen LogP contribution in [0.2, 0.25) is 10.2 Å². The fourth-order valence-corrected chi connectivity index (χ4v) is 2.74. The second kappa shape index (κ2) is 5.85. The van der Waals surface area contributed by atoms with E-state index in [-0.39, 0.29) is 0 Å². The summed E-state index contributed by atoms with van der Waals surface area (Å²) in [4.78, 5) is 4.60. The summed E-state index contributed by atoms with van der Waals surface area (Å²) in [5.74, 6) is 0. The molecule has 2 heterocycles. The number of halogens is 2. The smallest absolute Gasteiger partial charge is 0.153 e. The van der Waals surface area contributed by atoms with E-state index >= 15 is 0 Å². The molecule has 1 aromatic heterocycles. The van der Waals surface area contributed by atoms with Crippen molar-refractivity contribution in [2.24, 2.45) is 0 Å². The fraction of sp³-hybridized carbons (Fsp3) is 0.286. The standard InChI is InChI=1S/C14H14Cl2N4/c15-11-2-1-3-12(8-11)19-4-6-20(7-5-19)13-9-14(16)18-17-10-13/h1-3,8-10H,4-7H2. The van der Waals surface area contributed by atoms with Gasteiger partial charge >= 0.3 is 0 Å². The van der Waals surface area contributed by atoms with Gasteiger partial charge in [-0.3, -0.25) is 0 Å². The lowest BCUT2D eigenvalue weighted by Gasteiger charge is -2.37. The number of hydrogen-bond donors (Lipinski definition) is 0. The summed E-state index contributed by atoms with van der Waals surface area (Å²) in [5, 5.41) is 8.87. The van der Waals surface area contributed by atoms with Crippen molar-refractivity contribution >= 4 is 34.6 Å². The quantitative estimate of drug-likeness (QED) is 0.853. The summed E-state index contributed by atoms with van der Waals surface area (Å²) in [6.07, 6.45) is 1.75. The van der Waals surface area contributed by atoms with Crippen LogP contribution < -0.4 is 9.80 Å². The SMILES string of the molecule is Clc1cccc(N2CCN(c3cnnc(Cl)c3)CC2)c1. The summed E-state index contributed by atoms with van der Waals surface area (Å²) >= 11 is 11.9. The van der Waals surface area contributed by atoms with Gasteiger partial charge in [-0.1, -0.05) is 29.3 Å². The molecule has 0 bridgehead atoms. The van der Waals surface area contributed by atoms with Crippen molar-refractivity contribution in [3.05, 3.63) is 46.7 Å². The van der Waals surface area contributed by atoms with Crippen LogP contribution >= 0.6 is 23.2 Å². The highest BCUT2D eigenvalue weighted by molar-refractivity contribution is 6.30. The predicted octanol–water partition coefficient (Wildman–Crippen LogP) is 3.11. The number of piperazine rings is 1. The van der Waals surface area contributed by atoms with Gasteiger partial charge in [0.1, 0.15) is 0 Å². The first-order valence-corrected chi connectivity index (χ1v) is 7.22. The molecule has 0 spiro atoms. The van der Waals surface area contributed by atoms with Crippen LogP contribution in [0.1, 0.15) is 0 Å². The molecule has 0 unspecified atom stereocenters. The summed E-state index contributed by atoms with van der Waals surface area (Å²) in [5.41, 5.74) is 2.19. The molecule has 6 heteroatoms. The van der Waals surface area contributed by atoms with Gasteiger partial charge in [-0.05, 0) is 18.2 Å².